The van der Waals surface area contributed by atoms with Crippen molar-refractivity contribution in [3.63, 3.8) is 0 Å². The second-order valence-corrected chi connectivity index (χ2v) is 8.73. The molecule has 150 valence electrons. The molecular weight excluding hydrogens is 386 g/mol. The summed E-state index contributed by atoms with van der Waals surface area (Å²) in [5.74, 6) is -1.11. The van der Waals surface area contributed by atoms with Crippen molar-refractivity contribution in [2.75, 3.05) is 18.1 Å². The van der Waals surface area contributed by atoms with E-state index in [1.807, 2.05) is 0 Å². The lowest BCUT2D eigenvalue weighted by Crippen LogP contribution is -2.46. The average molecular weight is 407 g/mol. The lowest BCUT2D eigenvalue weighted by molar-refractivity contribution is -0.141. The number of likely N-dealkylation sites (N-methyl/N-ethyl adjacent to an activating group) is 1. The Morgan fingerprint density at radius 2 is 2.11 bits per heavy atom. The normalized spacial score (nSPS) is 19.1. The predicted octanol–water partition coefficient (Wildman–Crippen LogP) is 0.243. The van der Waals surface area contributed by atoms with E-state index in [0.717, 1.165) is 0 Å². The van der Waals surface area contributed by atoms with Crippen LogP contribution in [0.2, 0.25) is 0 Å². The van der Waals surface area contributed by atoms with Gasteiger partial charge >= 0.3 is 5.97 Å². The molecule has 0 spiro atoms. The van der Waals surface area contributed by atoms with Crippen molar-refractivity contribution in [1.29, 1.82) is 0 Å². The van der Waals surface area contributed by atoms with Crippen LogP contribution < -0.4 is 0 Å². The van der Waals surface area contributed by atoms with Gasteiger partial charge in [0, 0.05) is 12.6 Å². The molecule has 2 aromatic rings. The fourth-order valence-corrected chi connectivity index (χ4v) is 4.97. The van der Waals surface area contributed by atoms with Gasteiger partial charge in [-0.25, -0.2) is 13.2 Å². The fraction of sp³-hybridized carbons (Fsp3) is 0.471. The van der Waals surface area contributed by atoms with Gasteiger partial charge in [-0.15, -0.1) is 5.10 Å². The molecule has 0 bridgehead atoms. The molecule has 2 heterocycles. The number of nitrogens with zero attached hydrogens (tertiary/aromatic N) is 5. The standard InChI is InChI=1S/C17H21N5O5S/c1-3-21(13-8-9-28(25,26)10-13)16(23)12(2)27-17(24)14-6-4-5-7-15(14)22-11-18-19-20-22/h4-7,11-13H,3,8-10H2,1-2H3. The highest BCUT2D eigenvalue weighted by molar-refractivity contribution is 7.91. The first-order valence-electron chi connectivity index (χ1n) is 8.86. The van der Waals surface area contributed by atoms with Gasteiger partial charge in [0.05, 0.1) is 22.8 Å². The third-order valence-electron chi connectivity index (χ3n) is 4.62. The SMILES string of the molecule is CCN(C(=O)C(C)OC(=O)c1ccccc1-n1cnnn1)C1CCS(=O)(=O)C1. The summed E-state index contributed by atoms with van der Waals surface area (Å²) in [6, 6.07) is 6.20. The van der Waals surface area contributed by atoms with Crippen molar-refractivity contribution in [2.24, 2.45) is 0 Å². The zero-order valence-electron chi connectivity index (χ0n) is 15.6. The Labute approximate surface area is 162 Å². The Bertz CT molecular complexity index is 960. The van der Waals surface area contributed by atoms with E-state index in [0.29, 0.717) is 18.7 Å². The Morgan fingerprint density at radius 1 is 1.36 bits per heavy atom. The molecule has 1 aliphatic heterocycles. The first-order chi connectivity index (χ1) is 13.3. The monoisotopic (exact) mass is 407 g/mol. The van der Waals surface area contributed by atoms with E-state index < -0.39 is 33.9 Å². The molecule has 10 nitrogen and oxygen atoms in total. The van der Waals surface area contributed by atoms with Crippen molar-refractivity contribution in [1.82, 2.24) is 25.1 Å². The minimum absolute atomic E-state index is 0.0601. The molecule has 3 rings (SSSR count). The number of esters is 1. The topological polar surface area (TPSA) is 124 Å². The van der Waals surface area contributed by atoms with Gasteiger partial charge in [0.25, 0.3) is 5.91 Å². The molecule has 11 heteroatoms. The molecule has 2 atom stereocenters. The zero-order chi connectivity index (χ0) is 20.3. The fourth-order valence-electron chi connectivity index (χ4n) is 3.24. The molecule has 0 radical (unpaired) electrons. The molecule has 2 unspecified atom stereocenters. The van der Waals surface area contributed by atoms with Crippen molar-refractivity contribution in [3.05, 3.63) is 36.2 Å². The van der Waals surface area contributed by atoms with Crippen LogP contribution in [0.15, 0.2) is 30.6 Å². The summed E-state index contributed by atoms with van der Waals surface area (Å²) in [7, 11) is -3.13. The van der Waals surface area contributed by atoms with Gasteiger partial charge < -0.3 is 9.64 Å². The quantitative estimate of drug-likeness (QED) is 0.624. The van der Waals surface area contributed by atoms with E-state index >= 15 is 0 Å². The van der Waals surface area contributed by atoms with Crippen LogP contribution in [0.5, 0.6) is 0 Å². The predicted molar refractivity (Wildman–Crippen MR) is 98.5 cm³/mol. The number of para-hydroxylation sites is 1. The minimum Gasteiger partial charge on any atom is -0.449 e. The van der Waals surface area contributed by atoms with Crippen LogP contribution in [0.25, 0.3) is 5.69 Å². The van der Waals surface area contributed by atoms with E-state index in [-0.39, 0.29) is 17.1 Å². The summed E-state index contributed by atoms with van der Waals surface area (Å²) >= 11 is 0. The van der Waals surface area contributed by atoms with E-state index in [1.54, 1.807) is 31.2 Å². The van der Waals surface area contributed by atoms with Crippen molar-refractivity contribution in [2.45, 2.75) is 32.4 Å². The highest BCUT2D eigenvalue weighted by Crippen LogP contribution is 2.20. The Balaban J connectivity index is 1.73. The molecule has 0 saturated carbocycles. The van der Waals surface area contributed by atoms with Gasteiger partial charge in [-0.3, -0.25) is 4.79 Å². The molecule has 0 N–H and O–H groups in total. The van der Waals surface area contributed by atoms with E-state index in [2.05, 4.69) is 15.5 Å². The second kappa shape index (κ2) is 8.05. The van der Waals surface area contributed by atoms with Gasteiger partial charge in [-0.1, -0.05) is 12.1 Å². The van der Waals surface area contributed by atoms with E-state index in [9.17, 15) is 18.0 Å². The summed E-state index contributed by atoms with van der Waals surface area (Å²) in [6.45, 7) is 3.58. The molecule has 1 aliphatic rings. The lowest BCUT2D eigenvalue weighted by Gasteiger charge is -2.29. The van der Waals surface area contributed by atoms with Gasteiger partial charge in [0.1, 0.15) is 6.33 Å². The van der Waals surface area contributed by atoms with E-state index in [1.165, 1.54) is 22.8 Å². The van der Waals surface area contributed by atoms with Crippen LogP contribution in [0.1, 0.15) is 30.6 Å². The highest BCUT2D eigenvalue weighted by atomic mass is 32.2. The lowest BCUT2D eigenvalue weighted by atomic mass is 10.1. The van der Waals surface area contributed by atoms with Gasteiger partial charge in [-0.2, -0.15) is 4.68 Å². The summed E-state index contributed by atoms with van der Waals surface area (Å²) in [5.41, 5.74) is 0.632. The number of ether oxygens (including phenoxy) is 1. The maximum atomic E-state index is 12.8. The molecule has 28 heavy (non-hydrogen) atoms. The Hall–Kier alpha value is -2.82. The van der Waals surface area contributed by atoms with Crippen LogP contribution in [-0.2, 0) is 19.4 Å². The number of amides is 1. The summed E-state index contributed by atoms with van der Waals surface area (Å²) in [4.78, 5) is 26.9. The molecule has 0 aliphatic carbocycles. The van der Waals surface area contributed by atoms with Crippen LogP contribution in [0.3, 0.4) is 0 Å². The van der Waals surface area contributed by atoms with Gasteiger partial charge in [-0.05, 0) is 42.8 Å². The molecular formula is C17H21N5O5S. The summed E-state index contributed by atoms with van der Waals surface area (Å²) in [6.07, 6.45) is 0.683. The maximum absolute atomic E-state index is 12.8. The average Bonchev–Trinajstić information content (AvgIpc) is 3.32. The van der Waals surface area contributed by atoms with Crippen LogP contribution >= 0.6 is 0 Å². The van der Waals surface area contributed by atoms with Crippen molar-refractivity contribution in [3.8, 4) is 5.69 Å². The van der Waals surface area contributed by atoms with Crippen LogP contribution in [-0.4, -0.2) is 75.6 Å². The minimum atomic E-state index is -3.13. The molecule has 1 saturated heterocycles. The van der Waals surface area contributed by atoms with Crippen molar-refractivity contribution >= 4 is 21.7 Å². The summed E-state index contributed by atoms with van der Waals surface area (Å²) in [5, 5.41) is 10.9. The summed E-state index contributed by atoms with van der Waals surface area (Å²) < 4.78 is 30.1. The molecule has 1 fully saturated rings. The second-order valence-electron chi connectivity index (χ2n) is 6.50. The third kappa shape index (κ3) is 4.19. The van der Waals surface area contributed by atoms with Crippen molar-refractivity contribution < 1.29 is 22.7 Å². The Kier molecular flexibility index (Phi) is 5.73. The van der Waals surface area contributed by atoms with Gasteiger partial charge in [0.2, 0.25) is 0 Å². The first-order valence-corrected chi connectivity index (χ1v) is 10.7. The zero-order valence-corrected chi connectivity index (χ0v) is 16.4. The number of tetrazole rings is 1. The molecule has 1 aromatic carbocycles. The number of hydrogen-bond acceptors (Lipinski definition) is 8. The maximum Gasteiger partial charge on any atom is 0.341 e. The number of rotatable bonds is 6. The third-order valence-corrected chi connectivity index (χ3v) is 6.37. The van der Waals surface area contributed by atoms with Crippen LogP contribution in [0.4, 0.5) is 0 Å². The highest BCUT2D eigenvalue weighted by Gasteiger charge is 2.36. The van der Waals surface area contributed by atoms with Gasteiger partial charge in [0.15, 0.2) is 15.9 Å². The number of sulfone groups is 1. The van der Waals surface area contributed by atoms with Crippen LogP contribution in [0, 0.1) is 0 Å². The van der Waals surface area contributed by atoms with E-state index in [4.69, 9.17) is 4.74 Å². The number of carbonyl (C=O) groups is 2. The number of aromatic nitrogens is 4. The first kappa shape index (κ1) is 19.9. The number of benzene rings is 1. The molecule has 1 amide bonds. The largest absolute Gasteiger partial charge is 0.449 e. The number of carbonyl (C=O) groups excluding carboxylic acids is 2. The smallest absolute Gasteiger partial charge is 0.341 e. The molecule has 1 aromatic heterocycles. The number of hydrogen-bond donors (Lipinski definition) is 0. The Morgan fingerprint density at radius 3 is 2.71 bits per heavy atom.